The van der Waals surface area contributed by atoms with Gasteiger partial charge in [-0.15, -0.1) is 0 Å². The SMILES string of the molecule is CC(Nc1ncnc2[nH]cnc12)c1nc2cccn2c(=O)n1-c1cccc(F)c1. The Morgan fingerprint density at radius 3 is 2.93 bits per heavy atom. The Bertz CT molecular complexity index is 1400. The van der Waals surface area contributed by atoms with Gasteiger partial charge in [0.05, 0.1) is 18.1 Å². The van der Waals surface area contributed by atoms with Gasteiger partial charge in [-0.25, -0.2) is 33.7 Å². The van der Waals surface area contributed by atoms with E-state index in [1.807, 2.05) is 6.92 Å². The highest BCUT2D eigenvalue weighted by molar-refractivity contribution is 5.82. The van der Waals surface area contributed by atoms with Crippen LogP contribution in [0.1, 0.15) is 18.8 Å². The smallest absolute Gasteiger partial charge is 0.339 e. The Kier molecular flexibility index (Phi) is 3.83. The number of aromatic amines is 1. The van der Waals surface area contributed by atoms with Crippen LogP contribution in [0, 0.1) is 5.82 Å². The molecule has 1 atom stereocenters. The van der Waals surface area contributed by atoms with Crippen LogP contribution in [-0.2, 0) is 0 Å². The number of nitrogens with one attached hydrogen (secondary N) is 2. The molecule has 0 saturated heterocycles. The molecule has 0 aliphatic rings. The van der Waals surface area contributed by atoms with Gasteiger partial charge in [0.25, 0.3) is 0 Å². The number of hydrogen-bond acceptors (Lipinski definition) is 6. The maximum Gasteiger partial charge on any atom is 0.339 e. The van der Waals surface area contributed by atoms with E-state index in [0.29, 0.717) is 34.1 Å². The van der Waals surface area contributed by atoms with Crippen LogP contribution in [0.15, 0.2) is 60.0 Å². The van der Waals surface area contributed by atoms with Crippen molar-refractivity contribution in [2.24, 2.45) is 0 Å². The monoisotopic (exact) mass is 390 g/mol. The molecule has 0 bridgehead atoms. The minimum atomic E-state index is -0.444. The number of imidazole rings is 1. The molecule has 0 fully saturated rings. The van der Waals surface area contributed by atoms with E-state index in [1.54, 1.807) is 30.5 Å². The third-order valence-electron chi connectivity index (χ3n) is 4.61. The minimum Gasteiger partial charge on any atom is -0.358 e. The fourth-order valence-electron chi connectivity index (χ4n) is 3.29. The summed E-state index contributed by atoms with van der Waals surface area (Å²) in [6.45, 7) is 1.84. The summed E-state index contributed by atoms with van der Waals surface area (Å²) in [6.07, 6.45) is 4.57. The summed E-state index contributed by atoms with van der Waals surface area (Å²) in [6, 6.07) is 8.87. The molecule has 0 amide bonds. The molecule has 5 aromatic rings. The van der Waals surface area contributed by atoms with Gasteiger partial charge in [0, 0.05) is 6.20 Å². The van der Waals surface area contributed by atoms with Crippen LogP contribution in [0.25, 0.3) is 22.5 Å². The molecule has 1 aromatic carbocycles. The first-order valence-corrected chi connectivity index (χ1v) is 8.88. The zero-order valence-electron chi connectivity index (χ0n) is 15.2. The van der Waals surface area contributed by atoms with Gasteiger partial charge in [-0.1, -0.05) is 6.07 Å². The standard InChI is InChI=1S/C19H15FN8O/c1-11(25-17-15-16(22-9-21-15)23-10-24-17)18-26-14-6-3-7-27(14)19(29)28(18)13-5-2-4-12(20)8-13/h2-11H,1H3,(H2,21,22,23,24,25). The number of halogens is 1. The predicted molar refractivity (Wildman–Crippen MR) is 104 cm³/mol. The van der Waals surface area contributed by atoms with Crippen LogP contribution in [0.5, 0.6) is 0 Å². The number of benzene rings is 1. The molecule has 2 N–H and O–H groups in total. The number of rotatable bonds is 4. The van der Waals surface area contributed by atoms with Gasteiger partial charge >= 0.3 is 5.69 Å². The first-order valence-electron chi connectivity index (χ1n) is 8.88. The van der Waals surface area contributed by atoms with E-state index in [1.165, 1.54) is 33.8 Å². The maximum absolute atomic E-state index is 13.9. The molecule has 1 unspecified atom stereocenters. The third kappa shape index (κ3) is 2.81. The van der Waals surface area contributed by atoms with Crippen molar-refractivity contribution in [2.75, 3.05) is 5.32 Å². The molecular formula is C19H15FN8O. The van der Waals surface area contributed by atoms with Crippen molar-refractivity contribution in [1.29, 1.82) is 0 Å². The number of aromatic nitrogens is 7. The number of hydrogen-bond donors (Lipinski definition) is 2. The molecule has 5 rings (SSSR count). The van der Waals surface area contributed by atoms with Crippen LogP contribution in [-0.4, -0.2) is 33.9 Å². The summed E-state index contributed by atoms with van der Waals surface area (Å²) in [5.74, 6) is 0.468. The van der Waals surface area contributed by atoms with Gasteiger partial charge in [-0.3, -0.25) is 4.40 Å². The van der Waals surface area contributed by atoms with Gasteiger partial charge < -0.3 is 10.3 Å². The zero-order chi connectivity index (χ0) is 20.0. The first-order chi connectivity index (χ1) is 14.1. The minimum absolute atomic E-state index is 0.346. The molecule has 4 heterocycles. The summed E-state index contributed by atoms with van der Waals surface area (Å²) < 4.78 is 16.7. The number of anilines is 1. The fraction of sp³-hybridized carbons (Fsp3) is 0.105. The summed E-state index contributed by atoms with van der Waals surface area (Å²) in [4.78, 5) is 33.3. The lowest BCUT2D eigenvalue weighted by molar-refractivity contribution is 0.623. The lowest BCUT2D eigenvalue weighted by Gasteiger charge is -2.19. The van der Waals surface area contributed by atoms with Gasteiger partial charge in [0.2, 0.25) is 0 Å². The van der Waals surface area contributed by atoms with E-state index >= 15 is 0 Å². The average molecular weight is 390 g/mol. The second-order valence-electron chi connectivity index (χ2n) is 6.49. The van der Waals surface area contributed by atoms with Crippen LogP contribution >= 0.6 is 0 Å². The largest absolute Gasteiger partial charge is 0.358 e. The molecule has 9 nitrogen and oxygen atoms in total. The van der Waals surface area contributed by atoms with Crippen molar-refractivity contribution >= 4 is 22.6 Å². The topological polar surface area (TPSA) is 106 Å². The Balaban J connectivity index is 1.68. The molecule has 0 radical (unpaired) electrons. The summed E-state index contributed by atoms with van der Waals surface area (Å²) >= 11 is 0. The molecule has 0 aliphatic heterocycles. The molecule has 144 valence electrons. The maximum atomic E-state index is 13.9. The Hall–Kier alpha value is -4.08. The number of H-pyrrole nitrogens is 1. The van der Waals surface area contributed by atoms with E-state index in [2.05, 4.69) is 30.2 Å². The van der Waals surface area contributed by atoms with Crippen LogP contribution in [0.2, 0.25) is 0 Å². The normalized spacial score (nSPS) is 12.5. The second kappa shape index (κ2) is 6.51. The Morgan fingerprint density at radius 1 is 1.17 bits per heavy atom. The van der Waals surface area contributed by atoms with Crippen molar-refractivity contribution in [3.05, 3.63) is 77.4 Å². The summed E-state index contributed by atoms with van der Waals surface area (Å²) in [5, 5.41) is 3.24. The van der Waals surface area contributed by atoms with Crippen molar-refractivity contribution in [2.45, 2.75) is 13.0 Å². The van der Waals surface area contributed by atoms with Crippen LogP contribution in [0.3, 0.4) is 0 Å². The molecule has 4 aromatic heterocycles. The van der Waals surface area contributed by atoms with Crippen molar-refractivity contribution < 1.29 is 4.39 Å². The predicted octanol–water partition coefficient (Wildman–Crippen LogP) is 2.46. The summed E-state index contributed by atoms with van der Waals surface area (Å²) in [5.41, 5.74) is 1.70. The number of fused-ring (bicyclic) bond motifs is 2. The van der Waals surface area contributed by atoms with E-state index in [-0.39, 0.29) is 5.69 Å². The summed E-state index contributed by atoms with van der Waals surface area (Å²) in [7, 11) is 0. The number of nitrogens with zero attached hydrogens (tertiary/aromatic N) is 6. The van der Waals surface area contributed by atoms with Crippen molar-refractivity contribution in [3.8, 4) is 5.69 Å². The quantitative estimate of drug-likeness (QED) is 0.488. The average Bonchev–Trinajstić information content (AvgIpc) is 3.37. The van der Waals surface area contributed by atoms with E-state index < -0.39 is 11.9 Å². The molecule has 10 heteroatoms. The van der Waals surface area contributed by atoms with Gasteiger partial charge in [0.1, 0.15) is 29.1 Å². The van der Waals surface area contributed by atoms with Gasteiger partial charge in [-0.2, -0.15) is 0 Å². The Labute approximate surface area is 162 Å². The van der Waals surface area contributed by atoms with Crippen molar-refractivity contribution in [1.82, 2.24) is 33.9 Å². The van der Waals surface area contributed by atoms with E-state index in [0.717, 1.165) is 0 Å². The van der Waals surface area contributed by atoms with E-state index in [4.69, 9.17) is 0 Å². The Morgan fingerprint density at radius 2 is 2.07 bits per heavy atom. The first kappa shape index (κ1) is 17.0. The van der Waals surface area contributed by atoms with Crippen molar-refractivity contribution in [3.63, 3.8) is 0 Å². The fourth-order valence-corrected chi connectivity index (χ4v) is 3.29. The molecule has 0 saturated carbocycles. The zero-order valence-corrected chi connectivity index (χ0v) is 15.2. The lowest BCUT2D eigenvalue weighted by atomic mass is 10.2. The highest BCUT2D eigenvalue weighted by Crippen LogP contribution is 2.22. The molecule has 29 heavy (non-hydrogen) atoms. The van der Waals surface area contributed by atoms with Gasteiger partial charge in [0.15, 0.2) is 11.5 Å². The highest BCUT2D eigenvalue weighted by atomic mass is 19.1. The highest BCUT2D eigenvalue weighted by Gasteiger charge is 2.20. The molecular weight excluding hydrogens is 375 g/mol. The van der Waals surface area contributed by atoms with E-state index in [9.17, 15) is 9.18 Å². The molecule has 0 aliphatic carbocycles. The van der Waals surface area contributed by atoms with Gasteiger partial charge in [-0.05, 0) is 37.3 Å². The molecule has 0 spiro atoms. The van der Waals surface area contributed by atoms with Crippen LogP contribution in [0.4, 0.5) is 10.2 Å². The second-order valence-corrected chi connectivity index (χ2v) is 6.49. The lowest BCUT2D eigenvalue weighted by Crippen LogP contribution is -2.31. The third-order valence-corrected chi connectivity index (χ3v) is 4.61. The van der Waals surface area contributed by atoms with Crippen LogP contribution < -0.4 is 11.0 Å².